The van der Waals surface area contributed by atoms with E-state index in [-0.39, 0.29) is 0 Å². The molecular weight excluding hydrogens is 186 g/mol. The van der Waals surface area contributed by atoms with E-state index in [1.807, 2.05) is 24.4 Å². The third-order valence-electron chi connectivity index (χ3n) is 3.51. The third kappa shape index (κ3) is 2.24. The average molecular weight is 207 g/mol. The maximum absolute atomic E-state index is 6.30. The summed E-state index contributed by atoms with van der Waals surface area (Å²) in [6.07, 6.45) is 10.4. The van der Waals surface area contributed by atoms with E-state index in [0.717, 1.165) is 13.1 Å². The van der Waals surface area contributed by atoms with Gasteiger partial charge in [-0.25, -0.2) is 0 Å². The minimum Gasteiger partial charge on any atom is -0.358 e. The van der Waals surface area contributed by atoms with E-state index in [4.69, 9.17) is 5.73 Å². The van der Waals surface area contributed by atoms with Crippen molar-refractivity contribution in [2.24, 2.45) is 11.1 Å². The number of piperidine rings is 1. The van der Waals surface area contributed by atoms with E-state index in [1.54, 1.807) is 0 Å². The molecule has 0 bridgehead atoms. The lowest BCUT2D eigenvalue weighted by molar-refractivity contribution is 0.0459. The predicted molar refractivity (Wildman–Crippen MR) is 62.9 cm³/mol. The highest BCUT2D eigenvalue weighted by atomic mass is 15.4. The maximum atomic E-state index is 6.30. The van der Waals surface area contributed by atoms with Gasteiger partial charge in [-0.1, -0.05) is 19.9 Å². The molecule has 0 spiro atoms. The van der Waals surface area contributed by atoms with Gasteiger partial charge in [0, 0.05) is 13.1 Å². The van der Waals surface area contributed by atoms with Crippen molar-refractivity contribution < 1.29 is 0 Å². The second-order valence-corrected chi connectivity index (χ2v) is 5.34. The Bertz CT molecular complexity index is 283. The molecule has 1 saturated heterocycles. The van der Waals surface area contributed by atoms with Crippen LogP contribution in [0.1, 0.15) is 26.7 Å². The number of rotatable bonds is 1. The number of allylic oxidation sites excluding steroid dienone is 2. The number of dihydropyridines is 1. The van der Waals surface area contributed by atoms with E-state index in [9.17, 15) is 0 Å². The molecule has 3 N–H and O–H groups in total. The first-order valence-electron chi connectivity index (χ1n) is 5.68. The quantitative estimate of drug-likeness (QED) is 0.683. The summed E-state index contributed by atoms with van der Waals surface area (Å²) < 4.78 is 0. The number of hydrogen-bond donors (Lipinski definition) is 2. The number of hydrogen-bond acceptors (Lipinski definition) is 3. The normalized spacial score (nSPS) is 35.1. The van der Waals surface area contributed by atoms with Crippen LogP contribution in [0, 0.1) is 5.41 Å². The smallest absolute Gasteiger partial charge is 0.163 e. The highest BCUT2D eigenvalue weighted by Gasteiger charge is 2.35. The molecule has 0 aromatic rings. The van der Waals surface area contributed by atoms with Crippen LogP contribution < -0.4 is 11.1 Å². The molecule has 15 heavy (non-hydrogen) atoms. The molecule has 0 amide bonds. The topological polar surface area (TPSA) is 41.3 Å². The van der Waals surface area contributed by atoms with E-state index in [2.05, 4.69) is 24.1 Å². The molecule has 2 aliphatic rings. The molecule has 3 nitrogen and oxygen atoms in total. The molecule has 0 aromatic heterocycles. The molecule has 0 aromatic carbocycles. The standard InChI is InChI=1S/C12H21N3/c1-11(2)6-9-15(10-7-11)12(13)5-3-4-8-14-12/h3-5,8,14H,6-7,9-10,13H2,1-2H3. The van der Waals surface area contributed by atoms with Gasteiger partial charge < -0.3 is 5.32 Å². The van der Waals surface area contributed by atoms with Gasteiger partial charge in [0.25, 0.3) is 0 Å². The summed E-state index contributed by atoms with van der Waals surface area (Å²) >= 11 is 0. The van der Waals surface area contributed by atoms with Gasteiger partial charge in [-0.15, -0.1) is 0 Å². The number of likely N-dealkylation sites (tertiary alicyclic amines) is 1. The summed E-state index contributed by atoms with van der Waals surface area (Å²) in [5.74, 6) is -0.467. The van der Waals surface area contributed by atoms with Crippen LogP contribution in [0.15, 0.2) is 24.4 Å². The van der Waals surface area contributed by atoms with E-state index >= 15 is 0 Å². The SMILES string of the molecule is CC1(C)CCN(C2(N)C=CC=CN2)CC1. The first kappa shape index (κ1) is 10.7. The minimum atomic E-state index is -0.467. The summed E-state index contributed by atoms with van der Waals surface area (Å²) in [6, 6.07) is 0. The van der Waals surface area contributed by atoms with Gasteiger partial charge >= 0.3 is 0 Å². The fourth-order valence-electron chi connectivity index (χ4n) is 2.17. The van der Waals surface area contributed by atoms with Crippen LogP contribution in [0.5, 0.6) is 0 Å². The average Bonchev–Trinajstić information content (AvgIpc) is 2.18. The molecule has 1 unspecified atom stereocenters. The van der Waals surface area contributed by atoms with Crippen LogP contribution >= 0.6 is 0 Å². The van der Waals surface area contributed by atoms with Gasteiger partial charge in [-0.05, 0) is 36.6 Å². The molecule has 0 radical (unpaired) electrons. The Morgan fingerprint density at radius 1 is 1.20 bits per heavy atom. The maximum Gasteiger partial charge on any atom is 0.163 e. The Morgan fingerprint density at radius 3 is 2.40 bits per heavy atom. The van der Waals surface area contributed by atoms with E-state index < -0.39 is 5.79 Å². The number of nitrogens with one attached hydrogen (secondary N) is 1. The molecule has 1 atom stereocenters. The zero-order chi connectivity index (χ0) is 10.9. The van der Waals surface area contributed by atoms with Crippen LogP contribution in [0.25, 0.3) is 0 Å². The Kier molecular flexibility index (Phi) is 2.61. The fraction of sp³-hybridized carbons (Fsp3) is 0.667. The lowest BCUT2D eigenvalue weighted by Gasteiger charge is -2.46. The number of nitrogens with two attached hydrogens (primary N) is 1. The molecule has 2 heterocycles. The van der Waals surface area contributed by atoms with Crippen molar-refractivity contribution in [1.82, 2.24) is 10.2 Å². The first-order valence-corrected chi connectivity index (χ1v) is 5.68. The van der Waals surface area contributed by atoms with Gasteiger partial charge in [0.1, 0.15) is 0 Å². The molecule has 84 valence electrons. The van der Waals surface area contributed by atoms with Crippen molar-refractivity contribution >= 4 is 0 Å². The van der Waals surface area contributed by atoms with Crippen molar-refractivity contribution in [1.29, 1.82) is 0 Å². The van der Waals surface area contributed by atoms with Gasteiger partial charge in [0.15, 0.2) is 5.79 Å². The van der Waals surface area contributed by atoms with Crippen LogP contribution in [0.3, 0.4) is 0 Å². The van der Waals surface area contributed by atoms with Gasteiger partial charge in [-0.3, -0.25) is 10.6 Å². The second kappa shape index (κ2) is 3.65. The summed E-state index contributed by atoms with van der Waals surface area (Å²) in [4.78, 5) is 2.32. The summed E-state index contributed by atoms with van der Waals surface area (Å²) in [5, 5.41) is 3.23. The molecule has 3 heteroatoms. The predicted octanol–water partition coefficient (Wildman–Crippen LogP) is 1.39. The highest BCUT2D eigenvalue weighted by Crippen LogP contribution is 2.31. The van der Waals surface area contributed by atoms with Crippen LogP contribution in [0.2, 0.25) is 0 Å². The van der Waals surface area contributed by atoms with Gasteiger partial charge in [-0.2, -0.15) is 0 Å². The lowest BCUT2D eigenvalue weighted by atomic mass is 9.82. The van der Waals surface area contributed by atoms with Crippen LogP contribution in [-0.2, 0) is 0 Å². The van der Waals surface area contributed by atoms with Crippen LogP contribution in [0.4, 0.5) is 0 Å². The van der Waals surface area contributed by atoms with Crippen molar-refractivity contribution in [3.8, 4) is 0 Å². The Labute approximate surface area is 92.0 Å². The molecule has 0 aliphatic carbocycles. The Hall–Kier alpha value is -0.800. The Balaban J connectivity index is 2.01. The lowest BCUT2D eigenvalue weighted by Crippen LogP contribution is -2.65. The monoisotopic (exact) mass is 207 g/mol. The van der Waals surface area contributed by atoms with Crippen molar-refractivity contribution in [2.75, 3.05) is 13.1 Å². The third-order valence-corrected chi connectivity index (χ3v) is 3.51. The molecular formula is C12H21N3. The molecule has 1 fully saturated rings. The van der Waals surface area contributed by atoms with Gasteiger partial charge in [0.2, 0.25) is 0 Å². The van der Waals surface area contributed by atoms with Crippen molar-refractivity contribution in [3.63, 3.8) is 0 Å². The second-order valence-electron chi connectivity index (χ2n) is 5.34. The summed E-state index contributed by atoms with van der Waals surface area (Å²) in [7, 11) is 0. The van der Waals surface area contributed by atoms with E-state index in [1.165, 1.54) is 12.8 Å². The van der Waals surface area contributed by atoms with Crippen molar-refractivity contribution in [2.45, 2.75) is 32.5 Å². The minimum absolute atomic E-state index is 0.467. The summed E-state index contributed by atoms with van der Waals surface area (Å²) in [6.45, 7) is 6.79. The van der Waals surface area contributed by atoms with Gasteiger partial charge in [0.05, 0.1) is 0 Å². The zero-order valence-electron chi connectivity index (χ0n) is 9.66. The zero-order valence-corrected chi connectivity index (χ0v) is 9.66. The Morgan fingerprint density at radius 2 is 1.87 bits per heavy atom. The molecule has 2 aliphatic heterocycles. The highest BCUT2D eigenvalue weighted by molar-refractivity contribution is 5.17. The molecule has 2 rings (SSSR count). The first-order chi connectivity index (χ1) is 7.02. The fourth-order valence-corrected chi connectivity index (χ4v) is 2.17. The summed E-state index contributed by atoms with van der Waals surface area (Å²) in [5.41, 5.74) is 6.77. The molecule has 0 saturated carbocycles. The largest absolute Gasteiger partial charge is 0.358 e. The number of nitrogens with zero attached hydrogens (tertiary/aromatic N) is 1. The van der Waals surface area contributed by atoms with E-state index in [0.29, 0.717) is 5.41 Å². The van der Waals surface area contributed by atoms with Crippen LogP contribution in [-0.4, -0.2) is 23.8 Å². The van der Waals surface area contributed by atoms with Crippen molar-refractivity contribution in [3.05, 3.63) is 24.4 Å².